The molecular weight excluding hydrogens is 336 g/mol. The molecule has 4 heteroatoms. The number of piperazine rings is 1. The normalized spacial score (nSPS) is 20.5. The number of benzene rings is 2. The van der Waals surface area contributed by atoms with Gasteiger partial charge in [0.1, 0.15) is 5.75 Å². The van der Waals surface area contributed by atoms with Crippen molar-refractivity contribution >= 4 is 5.91 Å². The van der Waals surface area contributed by atoms with E-state index in [1.807, 2.05) is 30.3 Å². The molecule has 0 aromatic heterocycles. The summed E-state index contributed by atoms with van der Waals surface area (Å²) in [6, 6.07) is 19.4. The van der Waals surface area contributed by atoms with Crippen molar-refractivity contribution in [2.24, 2.45) is 0 Å². The lowest BCUT2D eigenvalue weighted by atomic mass is 10.0. The second-order valence-electron chi connectivity index (χ2n) is 7.69. The highest BCUT2D eigenvalue weighted by Crippen LogP contribution is 2.30. The maximum Gasteiger partial charge on any atom is 0.227 e. The minimum absolute atomic E-state index is 0.222. The van der Waals surface area contributed by atoms with Gasteiger partial charge in [0, 0.05) is 31.7 Å². The van der Waals surface area contributed by atoms with Gasteiger partial charge >= 0.3 is 0 Å². The molecule has 142 valence electrons. The molecule has 1 aliphatic carbocycles. The first kappa shape index (κ1) is 18.1. The fourth-order valence-electron chi connectivity index (χ4n) is 4.10. The van der Waals surface area contributed by atoms with Crippen molar-refractivity contribution in [2.45, 2.75) is 37.8 Å². The molecule has 0 N–H and O–H groups in total. The van der Waals surface area contributed by atoms with E-state index in [1.165, 1.54) is 18.4 Å². The lowest BCUT2D eigenvalue weighted by Crippen LogP contribution is -2.56. The summed E-state index contributed by atoms with van der Waals surface area (Å²) in [5.41, 5.74) is 2.32. The summed E-state index contributed by atoms with van der Waals surface area (Å²) in [6.07, 6.45) is 3.99. The van der Waals surface area contributed by atoms with E-state index in [4.69, 9.17) is 4.74 Å². The van der Waals surface area contributed by atoms with Crippen LogP contribution in [0.15, 0.2) is 54.6 Å². The molecule has 2 aliphatic rings. The van der Waals surface area contributed by atoms with E-state index in [2.05, 4.69) is 34.1 Å². The smallest absolute Gasteiger partial charge is 0.227 e. The number of nitrogens with zero attached hydrogens (tertiary/aromatic N) is 2. The van der Waals surface area contributed by atoms with Crippen LogP contribution in [-0.2, 0) is 17.6 Å². The van der Waals surface area contributed by atoms with Crippen molar-refractivity contribution in [1.82, 2.24) is 9.80 Å². The van der Waals surface area contributed by atoms with Gasteiger partial charge in [-0.05, 0) is 42.5 Å². The van der Waals surface area contributed by atoms with Crippen LogP contribution in [0.3, 0.4) is 0 Å². The first-order valence-electron chi connectivity index (χ1n) is 9.93. The Kier molecular flexibility index (Phi) is 5.44. The average Bonchev–Trinajstić information content (AvgIpc) is 3.54. The average molecular weight is 364 g/mol. The third kappa shape index (κ3) is 4.51. The number of methoxy groups -OCH3 is 1. The highest BCUT2D eigenvalue weighted by Gasteiger charge is 2.37. The molecule has 1 heterocycles. The van der Waals surface area contributed by atoms with Crippen LogP contribution in [0.2, 0.25) is 0 Å². The molecule has 2 aromatic carbocycles. The summed E-state index contributed by atoms with van der Waals surface area (Å²) in [5.74, 6) is 1.03. The van der Waals surface area contributed by atoms with Crippen LogP contribution >= 0.6 is 0 Å². The van der Waals surface area contributed by atoms with E-state index < -0.39 is 0 Å². The van der Waals surface area contributed by atoms with Crippen LogP contribution in [-0.4, -0.2) is 54.5 Å². The van der Waals surface area contributed by atoms with Gasteiger partial charge in [0.25, 0.3) is 0 Å². The Labute approximate surface area is 161 Å². The maximum absolute atomic E-state index is 13.1. The number of carbonyl (C=O) groups is 1. The minimum Gasteiger partial charge on any atom is -0.497 e. The van der Waals surface area contributed by atoms with Crippen molar-refractivity contribution in [3.63, 3.8) is 0 Å². The molecule has 1 saturated carbocycles. The molecule has 1 amide bonds. The SMILES string of the molecule is COc1cccc(CC(=O)N2CCN(C3CC3)CC2Cc2ccccc2)c1. The summed E-state index contributed by atoms with van der Waals surface area (Å²) in [7, 11) is 1.66. The minimum atomic E-state index is 0.222. The molecule has 0 radical (unpaired) electrons. The molecule has 2 aromatic rings. The maximum atomic E-state index is 13.1. The zero-order valence-corrected chi connectivity index (χ0v) is 16.0. The third-order valence-electron chi connectivity index (χ3n) is 5.70. The highest BCUT2D eigenvalue weighted by atomic mass is 16.5. The third-order valence-corrected chi connectivity index (χ3v) is 5.70. The van der Waals surface area contributed by atoms with Gasteiger partial charge in [-0.1, -0.05) is 42.5 Å². The van der Waals surface area contributed by atoms with E-state index in [-0.39, 0.29) is 11.9 Å². The number of hydrogen-bond donors (Lipinski definition) is 0. The largest absolute Gasteiger partial charge is 0.497 e. The second-order valence-corrected chi connectivity index (χ2v) is 7.69. The van der Waals surface area contributed by atoms with Crippen LogP contribution in [0.5, 0.6) is 5.75 Å². The van der Waals surface area contributed by atoms with Crippen molar-refractivity contribution < 1.29 is 9.53 Å². The second kappa shape index (κ2) is 8.13. The monoisotopic (exact) mass is 364 g/mol. The van der Waals surface area contributed by atoms with Crippen molar-refractivity contribution in [2.75, 3.05) is 26.7 Å². The number of carbonyl (C=O) groups excluding carboxylic acids is 1. The fourth-order valence-corrected chi connectivity index (χ4v) is 4.10. The predicted molar refractivity (Wildman–Crippen MR) is 107 cm³/mol. The molecule has 0 bridgehead atoms. The summed E-state index contributed by atoms with van der Waals surface area (Å²) < 4.78 is 5.30. The van der Waals surface area contributed by atoms with Crippen LogP contribution in [0, 0.1) is 0 Å². The molecule has 27 heavy (non-hydrogen) atoms. The molecule has 4 rings (SSSR count). The first-order chi connectivity index (χ1) is 13.2. The van der Waals surface area contributed by atoms with E-state index in [9.17, 15) is 4.79 Å². The summed E-state index contributed by atoms with van der Waals surface area (Å²) in [5, 5.41) is 0. The molecule has 2 fully saturated rings. The van der Waals surface area contributed by atoms with Gasteiger partial charge in [-0.2, -0.15) is 0 Å². The Morgan fingerprint density at radius 3 is 2.56 bits per heavy atom. The van der Waals surface area contributed by atoms with E-state index in [1.54, 1.807) is 7.11 Å². The van der Waals surface area contributed by atoms with Gasteiger partial charge in [-0.3, -0.25) is 9.69 Å². The Bertz CT molecular complexity index is 773. The Morgan fingerprint density at radius 1 is 1.04 bits per heavy atom. The van der Waals surface area contributed by atoms with Crippen LogP contribution in [0.1, 0.15) is 24.0 Å². The van der Waals surface area contributed by atoms with Crippen LogP contribution < -0.4 is 4.74 Å². The molecule has 1 saturated heterocycles. The predicted octanol–water partition coefficient (Wildman–Crippen LogP) is 3.16. The van der Waals surface area contributed by atoms with Gasteiger partial charge in [0.05, 0.1) is 13.5 Å². The van der Waals surface area contributed by atoms with Crippen molar-refractivity contribution in [3.8, 4) is 5.75 Å². The Balaban J connectivity index is 1.48. The molecule has 1 aliphatic heterocycles. The molecule has 4 nitrogen and oxygen atoms in total. The standard InChI is InChI=1S/C23H28N2O2/c1-27-22-9-5-8-19(15-22)16-23(26)25-13-12-24(20-10-11-20)17-21(25)14-18-6-3-2-4-7-18/h2-9,15,20-21H,10-14,16-17H2,1H3. The zero-order valence-electron chi connectivity index (χ0n) is 16.0. The molecular formula is C23H28N2O2. The van der Waals surface area contributed by atoms with Gasteiger partial charge in [0.15, 0.2) is 0 Å². The summed E-state index contributed by atoms with van der Waals surface area (Å²) in [6.45, 7) is 2.82. The van der Waals surface area contributed by atoms with Crippen LogP contribution in [0.4, 0.5) is 0 Å². The van der Waals surface area contributed by atoms with Gasteiger partial charge in [-0.25, -0.2) is 0 Å². The summed E-state index contributed by atoms with van der Waals surface area (Å²) in [4.78, 5) is 17.8. The Hall–Kier alpha value is -2.33. The van der Waals surface area contributed by atoms with Crippen molar-refractivity contribution in [1.29, 1.82) is 0 Å². The lowest BCUT2D eigenvalue weighted by molar-refractivity contribution is -0.135. The number of hydrogen-bond acceptors (Lipinski definition) is 3. The van der Waals surface area contributed by atoms with E-state index in [0.29, 0.717) is 6.42 Å². The van der Waals surface area contributed by atoms with E-state index in [0.717, 1.165) is 43.4 Å². The van der Waals surface area contributed by atoms with Gasteiger partial charge < -0.3 is 9.64 Å². The highest BCUT2D eigenvalue weighted by molar-refractivity contribution is 5.79. The quantitative estimate of drug-likeness (QED) is 0.789. The first-order valence-corrected chi connectivity index (χ1v) is 9.93. The fraction of sp³-hybridized carbons (Fsp3) is 0.435. The number of rotatable bonds is 6. The van der Waals surface area contributed by atoms with Gasteiger partial charge in [0.2, 0.25) is 5.91 Å². The van der Waals surface area contributed by atoms with Crippen molar-refractivity contribution in [3.05, 3.63) is 65.7 Å². The number of ether oxygens (including phenoxy) is 1. The number of amides is 1. The molecule has 0 spiro atoms. The van der Waals surface area contributed by atoms with Crippen LogP contribution in [0.25, 0.3) is 0 Å². The lowest BCUT2D eigenvalue weighted by Gasteiger charge is -2.42. The Morgan fingerprint density at radius 2 is 1.81 bits per heavy atom. The molecule has 1 atom stereocenters. The van der Waals surface area contributed by atoms with Gasteiger partial charge in [-0.15, -0.1) is 0 Å². The van der Waals surface area contributed by atoms with E-state index >= 15 is 0 Å². The molecule has 1 unspecified atom stereocenters. The zero-order chi connectivity index (χ0) is 18.6. The topological polar surface area (TPSA) is 32.8 Å². The summed E-state index contributed by atoms with van der Waals surface area (Å²) >= 11 is 0.